The first kappa shape index (κ1) is 5.52. The van der Waals surface area contributed by atoms with Gasteiger partial charge in [0.1, 0.15) is 23.8 Å². The van der Waals surface area contributed by atoms with E-state index in [4.69, 9.17) is 9.15 Å². The zero-order chi connectivity index (χ0) is 7.31. The van der Waals surface area contributed by atoms with Crippen molar-refractivity contribution in [3.8, 4) is 5.75 Å². The number of nitrogens with one attached hydrogen (secondary N) is 1. The number of furan rings is 1. The van der Waals surface area contributed by atoms with Gasteiger partial charge in [-0.3, -0.25) is 0 Å². The molecule has 1 aromatic rings. The second-order valence-electron chi connectivity index (χ2n) is 3.29. The molecule has 1 saturated carbocycles. The highest BCUT2D eigenvalue weighted by Crippen LogP contribution is 2.45. The Kier molecular flexibility index (Phi) is 0.776. The maximum atomic E-state index is 5.71. The second-order valence-corrected chi connectivity index (χ2v) is 3.29. The molecule has 1 aliphatic carbocycles. The molecule has 2 heterocycles. The van der Waals surface area contributed by atoms with Gasteiger partial charge in [0.2, 0.25) is 0 Å². The molecule has 0 unspecified atom stereocenters. The van der Waals surface area contributed by atoms with Crippen LogP contribution < -0.4 is 10.1 Å². The molecule has 58 valence electrons. The molecule has 2 aliphatic rings. The Balaban J connectivity index is 2.00. The van der Waals surface area contributed by atoms with Gasteiger partial charge in [0.15, 0.2) is 5.75 Å². The summed E-state index contributed by atoms with van der Waals surface area (Å²) in [7, 11) is 0. The molecule has 0 atom stereocenters. The zero-order valence-corrected chi connectivity index (χ0v) is 6.09. The highest BCUT2D eigenvalue weighted by atomic mass is 16.5. The van der Waals surface area contributed by atoms with Crippen LogP contribution in [0.15, 0.2) is 16.9 Å². The Morgan fingerprint density at radius 1 is 1.36 bits per heavy atom. The summed E-state index contributed by atoms with van der Waals surface area (Å²) in [5.74, 6) is 0.869. The Morgan fingerprint density at radius 2 is 2.27 bits per heavy atom. The third kappa shape index (κ3) is 0.679. The molecule has 1 N–H and O–H groups in total. The van der Waals surface area contributed by atoms with Crippen molar-refractivity contribution in [1.82, 2.24) is 0 Å². The van der Waals surface area contributed by atoms with Crippen LogP contribution in [0.5, 0.6) is 5.75 Å². The summed E-state index contributed by atoms with van der Waals surface area (Å²) in [6, 6.07) is 0. The van der Waals surface area contributed by atoms with Crippen molar-refractivity contribution < 1.29 is 9.15 Å². The van der Waals surface area contributed by atoms with E-state index in [1.165, 1.54) is 12.8 Å². The normalized spacial score (nSPS) is 23.6. The molecule has 1 fully saturated rings. The van der Waals surface area contributed by atoms with Gasteiger partial charge in [-0.15, -0.1) is 0 Å². The van der Waals surface area contributed by atoms with Crippen LogP contribution in [0, 0.1) is 0 Å². The van der Waals surface area contributed by atoms with E-state index in [0.29, 0.717) is 0 Å². The van der Waals surface area contributed by atoms with Gasteiger partial charge >= 0.3 is 0 Å². The van der Waals surface area contributed by atoms with Crippen LogP contribution in [-0.2, 0) is 0 Å². The maximum Gasteiger partial charge on any atom is 0.181 e. The third-order valence-electron chi connectivity index (χ3n) is 2.36. The van der Waals surface area contributed by atoms with E-state index in [1.807, 2.05) is 0 Å². The van der Waals surface area contributed by atoms with Crippen LogP contribution >= 0.6 is 0 Å². The molecule has 0 bridgehead atoms. The monoisotopic (exact) mass is 151 g/mol. The van der Waals surface area contributed by atoms with Crippen molar-refractivity contribution in [2.45, 2.75) is 18.4 Å². The molecule has 0 aromatic carbocycles. The van der Waals surface area contributed by atoms with Crippen molar-refractivity contribution in [1.29, 1.82) is 0 Å². The topological polar surface area (TPSA) is 34.4 Å². The Bertz CT molecular complexity index is 288. The summed E-state index contributed by atoms with van der Waals surface area (Å²) in [5, 5.41) is 3.28. The summed E-state index contributed by atoms with van der Waals surface area (Å²) in [6.45, 7) is 0.930. The Hall–Kier alpha value is -1.12. The lowest BCUT2D eigenvalue weighted by atomic mass is 10.3. The molecule has 1 aromatic heterocycles. The van der Waals surface area contributed by atoms with Gasteiger partial charge in [-0.1, -0.05) is 0 Å². The van der Waals surface area contributed by atoms with Crippen LogP contribution in [0.25, 0.3) is 0 Å². The molecule has 1 spiro atoms. The number of ether oxygens (including phenoxy) is 1. The van der Waals surface area contributed by atoms with Gasteiger partial charge in [0, 0.05) is 0 Å². The average molecular weight is 151 g/mol. The molecule has 1 aliphatic heterocycles. The fraction of sp³-hybridized carbons (Fsp3) is 0.500. The van der Waals surface area contributed by atoms with Crippen LogP contribution in [0.3, 0.4) is 0 Å². The van der Waals surface area contributed by atoms with Crippen molar-refractivity contribution in [3.63, 3.8) is 0 Å². The van der Waals surface area contributed by atoms with E-state index in [-0.39, 0.29) is 5.60 Å². The first-order chi connectivity index (χ1) is 5.38. The van der Waals surface area contributed by atoms with Crippen molar-refractivity contribution in [2.75, 3.05) is 11.9 Å². The van der Waals surface area contributed by atoms with Crippen molar-refractivity contribution in [3.05, 3.63) is 12.5 Å². The Morgan fingerprint density at radius 3 is 3.09 bits per heavy atom. The molecule has 0 radical (unpaired) electrons. The lowest BCUT2D eigenvalue weighted by molar-refractivity contribution is 0.183. The first-order valence-corrected chi connectivity index (χ1v) is 3.87. The number of rotatable bonds is 0. The van der Waals surface area contributed by atoms with E-state index >= 15 is 0 Å². The lowest BCUT2D eigenvalue weighted by Gasteiger charge is -2.23. The first-order valence-electron chi connectivity index (χ1n) is 3.87. The predicted molar refractivity (Wildman–Crippen MR) is 39.8 cm³/mol. The molecule has 3 heteroatoms. The molecule has 0 saturated heterocycles. The molecule has 3 nitrogen and oxygen atoms in total. The smallest absolute Gasteiger partial charge is 0.181 e. The van der Waals surface area contributed by atoms with E-state index in [0.717, 1.165) is 18.0 Å². The Labute approximate surface area is 64.3 Å². The third-order valence-corrected chi connectivity index (χ3v) is 2.36. The predicted octanol–water partition coefficient (Wildman–Crippen LogP) is 1.62. The summed E-state index contributed by atoms with van der Waals surface area (Å²) < 4.78 is 10.7. The van der Waals surface area contributed by atoms with Gasteiger partial charge in [-0.25, -0.2) is 0 Å². The van der Waals surface area contributed by atoms with Gasteiger partial charge < -0.3 is 14.5 Å². The van der Waals surface area contributed by atoms with E-state index in [9.17, 15) is 0 Å². The molecule has 0 amide bonds. The van der Waals surface area contributed by atoms with Gasteiger partial charge in [0.25, 0.3) is 0 Å². The highest BCUT2D eigenvalue weighted by Gasteiger charge is 2.48. The molecule has 11 heavy (non-hydrogen) atoms. The zero-order valence-electron chi connectivity index (χ0n) is 6.09. The molecule has 3 rings (SSSR count). The number of fused-ring (bicyclic) bond motifs is 1. The lowest BCUT2D eigenvalue weighted by Crippen LogP contribution is -2.31. The van der Waals surface area contributed by atoms with Gasteiger partial charge in [-0.05, 0) is 12.8 Å². The summed E-state index contributed by atoms with van der Waals surface area (Å²) in [5.41, 5.74) is 1.11. The minimum atomic E-state index is 0.122. The van der Waals surface area contributed by atoms with Gasteiger partial charge in [-0.2, -0.15) is 0 Å². The van der Waals surface area contributed by atoms with Crippen LogP contribution in [-0.4, -0.2) is 12.1 Å². The second kappa shape index (κ2) is 1.55. The van der Waals surface area contributed by atoms with Crippen molar-refractivity contribution >= 4 is 5.69 Å². The summed E-state index contributed by atoms with van der Waals surface area (Å²) >= 11 is 0. The highest BCUT2D eigenvalue weighted by molar-refractivity contribution is 5.56. The van der Waals surface area contributed by atoms with E-state index in [1.54, 1.807) is 12.5 Å². The van der Waals surface area contributed by atoms with E-state index < -0.39 is 0 Å². The summed E-state index contributed by atoms with van der Waals surface area (Å²) in [6.07, 6.45) is 5.68. The van der Waals surface area contributed by atoms with Crippen LogP contribution in [0.4, 0.5) is 5.69 Å². The average Bonchev–Trinajstić information content (AvgIpc) is 2.63. The van der Waals surface area contributed by atoms with E-state index in [2.05, 4.69) is 5.32 Å². The number of hydrogen-bond acceptors (Lipinski definition) is 3. The van der Waals surface area contributed by atoms with Crippen LogP contribution in [0.2, 0.25) is 0 Å². The fourth-order valence-electron chi connectivity index (χ4n) is 1.44. The molecular weight excluding hydrogens is 142 g/mol. The summed E-state index contributed by atoms with van der Waals surface area (Å²) in [4.78, 5) is 0. The maximum absolute atomic E-state index is 5.71. The quantitative estimate of drug-likeness (QED) is 0.611. The minimum absolute atomic E-state index is 0.122. The molecular formula is C8H9NO2. The fourth-order valence-corrected chi connectivity index (χ4v) is 1.44. The largest absolute Gasteiger partial charge is 0.480 e. The van der Waals surface area contributed by atoms with Gasteiger partial charge in [0.05, 0.1) is 6.54 Å². The SMILES string of the molecule is c1occ2c1NCC1(CC1)O2. The number of hydrogen-bond donors (Lipinski definition) is 1. The number of anilines is 1. The van der Waals surface area contributed by atoms with Crippen LogP contribution in [0.1, 0.15) is 12.8 Å². The van der Waals surface area contributed by atoms with Crippen molar-refractivity contribution in [2.24, 2.45) is 0 Å². The standard InChI is InChI=1S/C8H9NO2/c1-2-8(1)5-9-6-3-10-4-7(6)11-8/h3-4,9H,1-2,5H2. The minimum Gasteiger partial charge on any atom is -0.480 e.